The highest BCUT2D eigenvalue weighted by molar-refractivity contribution is 7.09. The Labute approximate surface area is 153 Å². The third-order valence-corrected chi connectivity index (χ3v) is 5.08. The van der Waals surface area contributed by atoms with E-state index in [1.165, 1.54) is 19.3 Å². The summed E-state index contributed by atoms with van der Waals surface area (Å²) in [5.41, 5.74) is 1.62. The Hall–Kier alpha value is -1.92. The Bertz CT molecular complexity index is 678. The van der Waals surface area contributed by atoms with Crippen LogP contribution in [0.1, 0.15) is 36.9 Å². The first-order valence-corrected chi connectivity index (χ1v) is 9.79. The fourth-order valence-corrected chi connectivity index (χ4v) is 3.82. The summed E-state index contributed by atoms with van der Waals surface area (Å²) in [5.74, 6) is 0.765. The molecular weight excluding hydrogens is 334 g/mol. The molecule has 0 aliphatic carbocycles. The van der Waals surface area contributed by atoms with Crippen LogP contribution in [-0.2, 0) is 17.8 Å². The summed E-state index contributed by atoms with van der Waals surface area (Å²) in [4.78, 5) is 19.3. The van der Waals surface area contributed by atoms with Crippen LogP contribution in [0.25, 0.3) is 0 Å². The van der Waals surface area contributed by atoms with Crippen molar-refractivity contribution >= 4 is 22.9 Å². The molecule has 1 aliphatic rings. The van der Waals surface area contributed by atoms with Crippen LogP contribution in [0.3, 0.4) is 0 Å². The SMILES string of the molecule is CCOc1ccc(NC(=O)Cc2csc(CN3CCCCC3)n2)cc1. The summed E-state index contributed by atoms with van der Waals surface area (Å²) in [6.45, 7) is 5.81. The number of carbonyl (C=O) groups is 1. The quantitative estimate of drug-likeness (QED) is 0.819. The van der Waals surface area contributed by atoms with E-state index < -0.39 is 0 Å². The summed E-state index contributed by atoms with van der Waals surface area (Å²) in [5, 5.41) is 6.01. The maximum atomic E-state index is 12.2. The zero-order valence-corrected chi connectivity index (χ0v) is 15.5. The van der Waals surface area contributed by atoms with Crippen molar-refractivity contribution in [1.82, 2.24) is 9.88 Å². The molecule has 2 aromatic rings. The number of nitrogens with one attached hydrogen (secondary N) is 1. The standard InChI is InChI=1S/C19H25N3O2S/c1-2-24-17-8-6-15(7-9-17)20-18(23)12-16-14-25-19(21-16)13-22-10-4-3-5-11-22/h6-9,14H,2-5,10-13H2,1H3,(H,20,23). The minimum atomic E-state index is -0.0426. The Morgan fingerprint density at radius 2 is 2.00 bits per heavy atom. The predicted molar refractivity (Wildman–Crippen MR) is 101 cm³/mol. The lowest BCUT2D eigenvalue weighted by Crippen LogP contribution is -2.29. The van der Waals surface area contributed by atoms with Gasteiger partial charge in [0.05, 0.1) is 25.3 Å². The zero-order chi connectivity index (χ0) is 17.5. The first kappa shape index (κ1) is 17.9. The third-order valence-electron chi connectivity index (χ3n) is 4.20. The van der Waals surface area contributed by atoms with Crippen LogP contribution in [0.5, 0.6) is 5.75 Å². The molecule has 0 radical (unpaired) electrons. The number of benzene rings is 1. The lowest BCUT2D eigenvalue weighted by molar-refractivity contribution is -0.115. The van der Waals surface area contributed by atoms with Gasteiger partial charge in [0.25, 0.3) is 0 Å². The van der Waals surface area contributed by atoms with Crippen molar-refractivity contribution in [2.75, 3.05) is 25.0 Å². The molecule has 1 amide bonds. The van der Waals surface area contributed by atoms with Crippen molar-refractivity contribution in [2.45, 2.75) is 39.2 Å². The molecule has 134 valence electrons. The van der Waals surface area contributed by atoms with E-state index in [1.54, 1.807) is 11.3 Å². The summed E-state index contributed by atoms with van der Waals surface area (Å²) in [7, 11) is 0. The number of hydrogen-bond acceptors (Lipinski definition) is 5. The van der Waals surface area contributed by atoms with Gasteiger partial charge in [0.1, 0.15) is 10.8 Å². The van der Waals surface area contributed by atoms with Gasteiger partial charge in [-0.05, 0) is 57.1 Å². The molecule has 0 saturated carbocycles. The van der Waals surface area contributed by atoms with E-state index in [-0.39, 0.29) is 5.91 Å². The molecule has 1 aromatic heterocycles. The number of amides is 1. The molecule has 1 aliphatic heterocycles. The number of anilines is 1. The average Bonchev–Trinajstić information content (AvgIpc) is 3.04. The van der Waals surface area contributed by atoms with Crippen molar-refractivity contribution in [3.05, 3.63) is 40.3 Å². The number of likely N-dealkylation sites (tertiary alicyclic amines) is 1. The fraction of sp³-hybridized carbons (Fsp3) is 0.474. The normalized spacial score (nSPS) is 15.1. The maximum Gasteiger partial charge on any atom is 0.230 e. The highest BCUT2D eigenvalue weighted by Gasteiger charge is 2.13. The number of piperidine rings is 1. The highest BCUT2D eigenvalue weighted by Crippen LogP contribution is 2.18. The van der Waals surface area contributed by atoms with E-state index in [1.807, 2.05) is 36.6 Å². The third kappa shape index (κ3) is 5.54. The number of rotatable bonds is 7. The molecule has 0 unspecified atom stereocenters. The number of ether oxygens (including phenoxy) is 1. The van der Waals surface area contributed by atoms with E-state index >= 15 is 0 Å². The predicted octanol–water partition coefficient (Wildman–Crippen LogP) is 3.71. The number of aromatic nitrogens is 1. The molecular formula is C19H25N3O2S. The summed E-state index contributed by atoms with van der Waals surface area (Å²) >= 11 is 1.65. The van der Waals surface area contributed by atoms with E-state index in [4.69, 9.17) is 4.74 Å². The van der Waals surface area contributed by atoms with Gasteiger partial charge in [0.15, 0.2) is 0 Å². The van der Waals surface area contributed by atoms with Crippen LogP contribution < -0.4 is 10.1 Å². The van der Waals surface area contributed by atoms with Gasteiger partial charge in [-0.25, -0.2) is 4.98 Å². The zero-order valence-electron chi connectivity index (χ0n) is 14.7. The van der Waals surface area contributed by atoms with Gasteiger partial charge in [-0.3, -0.25) is 9.69 Å². The molecule has 6 heteroatoms. The number of carbonyl (C=O) groups excluding carboxylic acids is 1. The van der Waals surface area contributed by atoms with Crippen molar-refractivity contribution in [1.29, 1.82) is 0 Å². The summed E-state index contributed by atoms with van der Waals surface area (Å²) in [6, 6.07) is 7.43. The molecule has 0 atom stereocenters. The van der Waals surface area contributed by atoms with E-state index in [2.05, 4.69) is 15.2 Å². The topological polar surface area (TPSA) is 54.5 Å². The maximum absolute atomic E-state index is 12.2. The molecule has 1 saturated heterocycles. The lowest BCUT2D eigenvalue weighted by Gasteiger charge is -2.25. The van der Waals surface area contributed by atoms with Crippen molar-refractivity contribution in [2.24, 2.45) is 0 Å². The second kappa shape index (κ2) is 8.97. The van der Waals surface area contributed by atoms with Crippen LogP contribution in [0.4, 0.5) is 5.69 Å². The lowest BCUT2D eigenvalue weighted by atomic mass is 10.1. The van der Waals surface area contributed by atoms with E-state index in [0.717, 1.165) is 41.8 Å². The summed E-state index contributed by atoms with van der Waals surface area (Å²) in [6.07, 6.45) is 4.21. The van der Waals surface area contributed by atoms with Gasteiger partial charge < -0.3 is 10.1 Å². The molecule has 1 aromatic carbocycles. The largest absolute Gasteiger partial charge is 0.494 e. The molecule has 0 spiro atoms. The van der Waals surface area contributed by atoms with Gasteiger partial charge in [-0.15, -0.1) is 11.3 Å². The first-order valence-electron chi connectivity index (χ1n) is 8.91. The van der Waals surface area contributed by atoms with Crippen molar-refractivity contribution in [3.63, 3.8) is 0 Å². The Morgan fingerprint density at radius 3 is 2.72 bits per heavy atom. The second-order valence-electron chi connectivity index (χ2n) is 6.25. The molecule has 2 heterocycles. The van der Waals surface area contributed by atoms with Crippen LogP contribution in [0, 0.1) is 0 Å². The molecule has 3 rings (SSSR count). The number of thiazole rings is 1. The Morgan fingerprint density at radius 1 is 1.24 bits per heavy atom. The van der Waals surface area contributed by atoms with Crippen LogP contribution in [0.15, 0.2) is 29.6 Å². The van der Waals surface area contributed by atoms with Crippen molar-refractivity contribution in [3.8, 4) is 5.75 Å². The molecule has 5 nitrogen and oxygen atoms in total. The minimum Gasteiger partial charge on any atom is -0.494 e. The van der Waals surface area contributed by atoms with Crippen LogP contribution >= 0.6 is 11.3 Å². The number of nitrogens with zero attached hydrogens (tertiary/aromatic N) is 2. The first-order chi connectivity index (χ1) is 12.2. The summed E-state index contributed by atoms with van der Waals surface area (Å²) < 4.78 is 5.40. The fourth-order valence-electron chi connectivity index (χ4n) is 2.98. The molecule has 1 N–H and O–H groups in total. The smallest absolute Gasteiger partial charge is 0.230 e. The Kier molecular flexibility index (Phi) is 6.42. The average molecular weight is 359 g/mol. The second-order valence-corrected chi connectivity index (χ2v) is 7.19. The molecule has 1 fully saturated rings. The van der Waals surface area contributed by atoms with Gasteiger partial charge in [-0.2, -0.15) is 0 Å². The van der Waals surface area contributed by atoms with Crippen LogP contribution in [0.2, 0.25) is 0 Å². The minimum absolute atomic E-state index is 0.0426. The van der Waals surface area contributed by atoms with Crippen LogP contribution in [-0.4, -0.2) is 35.5 Å². The van der Waals surface area contributed by atoms with E-state index in [9.17, 15) is 4.79 Å². The van der Waals surface area contributed by atoms with Gasteiger partial charge in [0.2, 0.25) is 5.91 Å². The van der Waals surface area contributed by atoms with Gasteiger partial charge >= 0.3 is 0 Å². The van der Waals surface area contributed by atoms with Crippen molar-refractivity contribution < 1.29 is 9.53 Å². The highest BCUT2D eigenvalue weighted by atomic mass is 32.1. The number of hydrogen-bond donors (Lipinski definition) is 1. The molecule has 25 heavy (non-hydrogen) atoms. The van der Waals surface area contributed by atoms with E-state index in [0.29, 0.717) is 13.0 Å². The van der Waals surface area contributed by atoms with Gasteiger partial charge in [0, 0.05) is 11.1 Å². The molecule has 0 bridgehead atoms. The Balaban J connectivity index is 1.49. The van der Waals surface area contributed by atoms with Gasteiger partial charge in [-0.1, -0.05) is 6.42 Å². The monoisotopic (exact) mass is 359 g/mol.